The fourth-order valence-corrected chi connectivity index (χ4v) is 3.06. The van der Waals surface area contributed by atoms with Gasteiger partial charge in [0.1, 0.15) is 4.88 Å². The number of nitrogens with one attached hydrogen (secondary N) is 1. The molecule has 1 heterocycles. The molecule has 2 rings (SSSR count). The summed E-state index contributed by atoms with van der Waals surface area (Å²) in [4.78, 5) is 12.7. The van der Waals surface area contributed by atoms with Gasteiger partial charge >= 0.3 is 0 Å². The Hall–Kier alpha value is -1.05. The number of hydrogen-bond donors (Lipinski definition) is 3. The van der Waals surface area contributed by atoms with Gasteiger partial charge in [-0.1, -0.05) is 17.8 Å². The summed E-state index contributed by atoms with van der Waals surface area (Å²) in [5.41, 5.74) is 0.738. The second-order valence-electron chi connectivity index (χ2n) is 4.95. The topological polar surface area (TPSA) is 95.3 Å². The van der Waals surface area contributed by atoms with Crippen molar-refractivity contribution < 1.29 is 15.0 Å². The molecule has 0 spiro atoms. The minimum Gasteiger partial charge on any atom is -0.396 e. The molecule has 0 unspecified atom stereocenters. The zero-order valence-corrected chi connectivity index (χ0v) is 11.7. The van der Waals surface area contributed by atoms with Crippen molar-refractivity contribution >= 4 is 17.4 Å². The summed E-state index contributed by atoms with van der Waals surface area (Å²) < 4.78 is 3.82. The Labute approximate surface area is 116 Å². The van der Waals surface area contributed by atoms with Crippen molar-refractivity contribution in [2.24, 2.45) is 5.92 Å². The first-order chi connectivity index (χ1) is 9.15. The van der Waals surface area contributed by atoms with Gasteiger partial charge in [-0.3, -0.25) is 4.79 Å². The number of aliphatic hydroxyl groups excluding tert-OH is 2. The lowest BCUT2D eigenvalue weighted by Gasteiger charge is -2.11. The average Bonchev–Trinajstić information content (AvgIpc) is 2.96. The van der Waals surface area contributed by atoms with E-state index in [0.29, 0.717) is 17.7 Å². The molecule has 1 aromatic rings. The number of carbonyl (C=O) groups is 1. The molecule has 0 radical (unpaired) electrons. The van der Waals surface area contributed by atoms with Gasteiger partial charge in [0.05, 0.1) is 11.8 Å². The summed E-state index contributed by atoms with van der Waals surface area (Å²) in [5.74, 6) is -0.311. The van der Waals surface area contributed by atoms with E-state index in [9.17, 15) is 9.90 Å². The number of aromatic nitrogens is 2. The molecule has 7 heteroatoms. The molecule has 3 N–H and O–H groups in total. The Morgan fingerprint density at radius 3 is 2.95 bits per heavy atom. The molecule has 3 atom stereocenters. The number of carbonyl (C=O) groups excluding carboxylic acids is 1. The second kappa shape index (κ2) is 6.40. The van der Waals surface area contributed by atoms with Crippen LogP contribution in [0.4, 0.5) is 0 Å². The third-order valence-corrected chi connectivity index (χ3v) is 4.24. The molecule has 1 aromatic heterocycles. The van der Waals surface area contributed by atoms with Gasteiger partial charge in [0.2, 0.25) is 0 Å². The van der Waals surface area contributed by atoms with Gasteiger partial charge in [-0.05, 0) is 30.8 Å². The molecule has 1 amide bonds. The van der Waals surface area contributed by atoms with Crippen molar-refractivity contribution in [3.8, 4) is 0 Å². The van der Waals surface area contributed by atoms with Crippen LogP contribution in [0.2, 0.25) is 0 Å². The molecule has 1 saturated carbocycles. The highest BCUT2D eigenvalue weighted by Crippen LogP contribution is 2.26. The van der Waals surface area contributed by atoms with Crippen molar-refractivity contribution in [3.63, 3.8) is 0 Å². The maximum Gasteiger partial charge on any atom is 0.265 e. The van der Waals surface area contributed by atoms with Crippen molar-refractivity contribution in [1.29, 1.82) is 0 Å². The first-order valence-corrected chi connectivity index (χ1v) is 7.34. The van der Waals surface area contributed by atoms with Crippen LogP contribution < -0.4 is 5.32 Å². The van der Waals surface area contributed by atoms with Gasteiger partial charge in [0, 0.05) is 18.6 Å². The highest BCUT2D eigenvalue weighted by molar-refractivity contribution is 7.08. The van der Waals surface area contributed by atoms with E-state index < -0.39 is 6.10 Å². The van der Waals surface area contributed by atoms with E-state index in [2.05, 4.69) is 14.9 Å². The molecule has 106 valence electrons. The maximum atomic E-state index is 12.1. The van der Waals surface area contributed by atoms with E-state index >= 15 is 0 Å². The van der Waals surface area contributed by atoms with Gasteiger partial charge in [0.25, 0.3) is 5.91 Å². The van der Waals surface area contributed by atoms with Crippen LogP contribution in [0.1, 0.15) is 41.6 Å². The summed E-state index contributed by atoms with van der Waals surface area (Å²) >= 11 is 1.10. The Morgan fingerprint density at radius 2 is 2.32 bits per heavy atom. The summed E-state index contributed by atoms with van der Waals surface area (Å²) in [6, 6.07) is -0.0868. The first-order valence-electron chi connectivity index (χ1n) is 6.56. The molecule has 19 heavy (non-hydrogen) atoms. The number of amides is 1. The van der Waals surface area contributed by atoms with Crippen molar-refractivity contribution in [3.05, 3.63) is 10.6 Å². The van der Waals surface area contributed by atoms with E-state index in [1.54, 1.807) is 0 Å². The average molecular weight is 285 g/mol. The number of rotatable bonds is 5. The largest absolute Gasteiger partial charge is 0.396 e. The van der Waals surface area contributed by atoms with E-state index in [1.807, 2.05) is 6.92 Å². The van der Waals surface area contributed by atoms with Crippen molar-refractivity contribution in [1.82, 2.24) is 14.9 Å². The van der Waals surface area contributed by atoms with Crippen molar-refractivity contribution in [2.45, 2.75) is 44.8 Å². The number of aryl methyl sites for hydroxylation is 1. The summed E-state index contributed by atoms with van der Waals surface area (Å²) in [7, 11) is 0. The molecule has 1 aliphatic rings. The number of aliphatic hydroxyl groups is 2. The van der Waals surface area contributed by atoms with E-state index in [1.165, 1.54) is 0 Å². The van der Waals surface area contributed by atoms with Crippen LogP contribution in [-0.2, 0) is 6.42 Å². The quantitative estimate of drug-likeness (QED) is 0.725. The van der Waals surface area contributed by atoms with Crippen LogP contribution in [0.5, 0.6) is 0 Å². The molecular formula is C12H19N3O3S. The fraction of sp³-hybridized carbons (Fsp3) is 0.750. The number of hydrogen-bond acceptors (Lipinski definition) is 6. The molecule has 0 bridgehead atoms. The Morgan fingerprint density at radius 1 is 1.53 bits per heavy atom. The predicted octanol–water partition coefficient (Wildman–Crippen LogP) is 0.352. The van der Waals surface area contributed by atoms with Gasteiger partial charge < -0.3 is 15.5 Å². The molecule has 6 nitrogen and oxygen atoms in total. The molecule has 1 fully saturated rings. The Bertz CT molecular complexity index is 438. The van der Waals surface area contributed by atoms with Gasteiger partial charge in [-0.25, -0.2) is 0 Å². The Kier molecular flexibility index (Phi) is 4.84. The SMILES string of the molecule is CCCc1nnsc1C(=O)N[C@H]1C[C@H](CO)[C@H](O)C1. The van der Waals surface area contributed by atoms with E-state index in [4.69, 9.17) is 5.11 Å². The van der Waals surface area contributed by atoms with E-state index in [-0.39, 0.29) is 24.5 Å². The molecule has 0 saturated heterocycles. The van der Waals surface area contributed by atoms with Crippen LogP contribution in [0.3, 0.4) is 0 Å². The summed E-state index contributed by atoms with van der Waals surface area (Å²) in [5, 5.41) is 25.7. The lowest BCUT2D eigenvalue weighted by molar-refractivity contribution is 0.0904. The monoisotopic (exact) mass is 285 g/mol. The van der Waals surface area contributed by atoms with Crippen LogP contribution in [-0.4, -0.2) is 44.5 Å². The van der Waals surface area contributed by atoms with Crippen LogP contribution in [0.25, 0.3) is 0 Å². The van der Waals surface area contributed by atoms with Gasteiger partial charge in [0.15, 0.2) is 0 Å². The fourth-order valence-electron chi connectivity index (χ4n) is 2.45. The van der Waals surface area contributed by atoms with E-state index in [0.717, 1.165) is 30.1 Å². The minimum atomic E-state index is -0.537. The lowest BCUT2D eigenvalue weighted by atomic mass is 10.1. The standard InChI is InChI=1S/C12H19N3O3S/c1-2-3-9-11(19-15-14-9)12(18)13-8-4-7(6-16)10(17)5-8/h7-8,10,16-17H,2-6H2,1H3,(H,13,18)/t7-,8+,10-/m1/s1. The molecule has 0 aromatic carbocycles. The smallest absolute Gasteiger partial charge is 0.265 e. The first kappa shape index (κ1) is 14.4. The lowest BCUT2D eigenvalue weighted by Crippen LogP contribution is -2.33. The molecule has 1 aliphatic carbocycles. The van der Waals surface area contributed by atoms with Crippen LogP contribution in [0.15, 0.2) is 0 Å². The van der Waals surface area contributed by atoms with Gasteiger partial charge in [-0.15, -0.1) is 5.10 Å². The highest BCUT2D eigenvalue weighted by atomic mass is 32.1. The van der Waals surface area contributed by atoms with Crippen LogP contribution in [0, 0.1) is 5.92 Å². The third-order valence-electron chi connectivity index (χ3n) is 3.48. The number of nitrogens with zero attached hydrogens (tertiary/aromatic N) is 2. The maximum absolute atomic E-state index is 12.1. The Balaban J connectivity index is 1.96. The third kappa shape index (κ3) is 3.29. The zero-order valence-electron chi connectivity index (χ0n) is 10.9. The molecular weight excluding hydrogens is 266 g/mol. The van der Waals surface area contributed by atoms with Crippen LogP contribution >= 0.6 is 11.5 Å². The second-order valence-corrected chi connectivity index (χ2v) is 5.70. The summed E-state index contributed by atoms with van der Waals surface area (Å²) in [6.07, 6.45) is 2.22. The predicted molar refractivity (Wildman–Crippen MR) is 71.0 cm³/mol. The highest BCUT2D eigenvalue weighted by Gasteiger charge is 2.33. The van der Waals surface area contributed by atoms with Crippen molar-refractivity contribution in [2.75, 3.05) is 6.61 Å². The van der Waals surface area contributed by atoms with Gasteiger partial charge in [-0.2, -0.15) is 0 Å². The minimum absolute atomic E-state index is 0.0449. The zero-order chi connectivity index (χ0) is 13.8. The summed E-state index contributed by atoms with van der Waals surface area (Å²) in [6.45, 7) is 1.98. The normalized spacial score (nSPS) is 26.6. The molecule has 0 aliphatic heterocycles.